The smallest absolute Gasteiger partial charge is 0.267 e. The van der Waals surface area contributed by atoms with E-state index in [9.17, 15) is 4.79 Å². The van der Waals surface area contributed by atoms with Crippen molar-refractivity contribution in [1.29, 1.82) is 0 Å². The van der Waals surface area contributed by atoms with Gasteiger partial charge >= 0.3 is 0 Å². The van der Waals surface area contributed by atoms with Gasteiger partial charge in [0.2, 0.25) is 0 Å². The summed E-state index contributed by atoms with van der Waals surface area (Å²) in [7, 11) is 0. The number of benzene rings is 3. The van der Waals surface area contributed by atoms with Crippen LogP contribution in [0.3, 0.4) is 0 Å². The molecule has 3 aromatic rings. The van der Waals surface area contributed by atoms with E-state index < -0.39 is 0 Å². The van der Waals surface area contributed by atoms with E-state index in [0.717, 1.165) is 49.4 Å². The molecule has 1 aliphatic rings. The van der Waals surface area contributed by atoms with Crippen molar-refractivity contribution >= 4 is 28.9 Å². The van der Waals surface area contributed by atoms with Gasteiger partial charge in [-0.05, 0) is 67.1 Å². The molecule has 5 nitrogen and oxygen atoms in total. The normalized spacial score (nSPS) is 12.8. The first kappa shape index (κ1) is 25.0. The maximum absolute atomic E-state index is 11.8. The molecule has 35 heavy (non-hydrogen) atoms. The largest absolute Gasteiger partial charge is 0.341 e. The molecule has 0 spiro atoms. The Morgan fingerprint density at radius 2 is 1.71 bits per heavy atom. The first-order valence-electron chi connectivity index (χ1n) is 12.2. The predicted molar refractivity (Wildman–Crippen MR) is 143 cm³/mol. The van der Waals surface area contributed by atoms with Gasteiger partial charge in [0.05, 0.1) is 6.61 Å². The third-order valence-electron chi connectivity index (χ3n) is 6.06. The quantitative estimate of drug-likeness (QED) is 0.204. The average molecular weight is 490 g/mol. The predicted octanol–water partition coefficient (Wildman–Crippen LogP) is 5.75. The van der Waals surface area contributed by atoms with Crippen molar-refractivity contribution in [2.75, 3.05) is 24.5 Å². The molecule has 1 aliphatic heterocycles. The Bertz CT molecular complexity index is 1130. The number of nitrogens with one attached hydrogen (secondary N) is 2. The number of halogens is 1. The second kappa shape index (κ2) is 13.1. The summed E-state index contributed by atoms with van der Waals surface area (Å²) >= 11 is 6.35. The van der Waals surface area contributed by atoms with Crippen LogP contribution in [0.1, 0.15) is 29.5 Å². The van der Waals surface area contributed by atoms with E-state index >= 15 is 0 Å². The van der Waals surface area contributed by atoms with Crippen molar-refractivity contribution in [3.05, 3.63) is 107 Å². The van der Waals surface area contributed by atoms with Crippen LogP contribution in [0.15, 0.2) is 84.9 Å². The molecular weight excluding hydrogens is 458 g/mol. The van der Waals surface area contributed by atoms with Crippen molar-refractivity contribution in [3.63, 3.8) is 0 Å². The number of amides is 1. The van der Waals surface area contributed by atoms with Gasteiger partial charge in [-0.25, -0.2) is 5.48 Å². The van der Waals surface area contributed by atoms with E-state index in [1.165, 1.54) is 28.6 Å². The molecule has 182 valence electrons. The minimum Gasteiger partial charge on any atom is -0.341 e. The fourth-order valence-corrected chi connectivity index (χ4v) is 4.46. The van der Waals surface area contributed by atoms with Crippen LogP contribution in [0, 0.1) is 0 Å². The van der Waals surface area contributed by atoms with E-state index in [1.54, 1.807) is 0 Å². The summed E-state index contributed by atoms with van der Waals surface area (Å²) in [5, 5.41) is 4.15. The first-order valence-corrected chi connectivity index (χ1v) is 12.6. The molecule has 1 heterocycles. The van der Waals surface area contributed by atoms with Crippen LogP contribution in [0.2, 0.25) is 5.02 Å². The molecule has 6 heteroatoms. The number of fused-ring (bicyclic) bond motifs is 2. The fraction of sp³-hybridized carbons (Fsp3) is 0.276. The van der Waals surface area contributed by atoms with Crippen LogP contribution in [0.5, 0.6) is 0 Å². The molecule has 0 unspecified atom stereocenters. The van der Waals surface area contributed by atoms with E-state index in [1.807, 2.05) is 42.5 Å². The van der Waals surface area contributed by atoms with Crippen LogP contribution in [-0.2, 0) is 29.1 Å². The van der Waals surface area contributed by atoms with Crippen molar-refractivity contribution in [2.45, 2.75) is 32.3 Å². The molecule has 4 rings (SSSR count). The van der Waals surface area contributed by atoms with E-state index in [2.05, 4.69) is 52.1 Å². The number of para-hydroxylation sites is 1. The van der Waals surface area contributed by atoms with Crippen LogP contribution in [0.4, 0.5) is 11.4 Å². The monoisotopic (exact) mass is 489 g/mol. The van der Waals surface area contributed by atoms with Gasteiger partial charge in [-0.3, -0.25) is 9.63 Å². The Balaban J connectivity index is 1.18. The summed E-state index contributed by atoms with van der Waals surface area (Å²) in [6, 6.07) is 24.6. The number of anilines is 2. The van der Waals surface area contributed by atoms with Gasteiger partial charge in [0, 0.05) is 35.6 Å². The second-order valence-corrected chi connectivity index (χ2v) is 9.04. The molecule has 2 N–H and O–H groups in total. The fourth-order valence-electron chi connectivity index (χ4n) is 4.30. The summed E-state index contributed by atoms with van der Waals surface area (Å²) in [6.45, 7) is 2.80. The highest BCUT2D eigenvalue weighted by Gasteiger charge is 2.20. The lowest BCUT2D eigenvalue weighted by atomic mass is 10.0. The number of unbranched alkanes of at least 4 members (excludes halogenated alkanes) is 1. The molecule has 0 aliphatic carbocycles. The van der Waals surface area contributed by atoms with Crippen molar-refractivity contribution in [2.24, 2.45) is 0 Å². The maximum Gasteiger partial charge on any atom is 0.267 e. The van der Waals surface area contributed by atoms with Gasteiger partial charge in [-0.1, -0.05) is 72.3 Å². The highest BCUT2D eigenvalue weighted by Crippen LogP contribution is 2.37. The highest BCUT2D eigenvalue weighted by atomic mass is 35.5. The number of rotatable bonds is 11. The second-order valence-electron chi connectivity index (χ2n) is 8.61. The van der Waals surface area contributed by atoms with Gasteiger partial charge in [0.25, 0.3) is 5.91 Å². The molecule has 0 saturated carbocycles. The standard InChI is InChI=1S/C29H32ClN3O2/c30-26-17-16-25-15-14-24-11-4-5-12-27(24)33(28(25)21-26)20-7-6-18-31-19-8-13-29(34)32-35-22-23-9-2-1-3-10-23/h1-5,8-13,16-17,21,31H,6-7,14-15,18-20,22H2,(H,32,34)/b13-8+. The lowest BCUT2D eigenvalue weighted by molar-refractivity contribution is -0.129. The number of aryl methyl sites for hydroxylation is 2. The summed E-state index contributed by atoms with van der Waals surface area (Å²) in [5.74, 6) is -0.264. The number of hydroxylamine groups is 1. The Labute approximate surface area is 212 Å². The zero-order valence-electron chi connectivity index (χ0n) is 19.9. The maximum atomic E-state index is 11.8. The van der Waals surface area contributed by atoms with Gasteiger partial charge in [0.15, 0.2) is 0 Å². The summed E-state index contributed by atoms with van der Waals surface area (Å²) in [4.78, 5) is 19.5. The number of carbonyl (C=O) groups excluding carboxylic acids is 1. The number of hydrogen-bond donors (Lipinski definition) is 2. The Morgan fingerprint density at radius 3 is 2.57 bits per heavy atom. The van der Waals surface area contributed by atoms with Gasteiger partial charge < -0.3 is 10.2 Å². The minimum absolute atomic E-state index is 0.264. The molecule has 0 radical (unpaired) electrons. The van der Waals surface area contributed by atoms with Crippen molar-refractivity contribution in [3.8, 4) is 0 Å². The molecule has 0 saturated heterocycles. The summed E-state index contributed by atoms with van der Waals surface area (Å²) < 4.78 is 0. The zero-order chi connectivity index (χ0) is 24.3. The van der Waals surface area contributed by atoms with Gasteiger partial charge in [-0.2, -0.15) is 0 Å². The SMILES string of the molecule is O=C(/C=C/CNCCCCN1c2ccccc2CCc2ccc(Cl)cc21)NOCc1ccccc1. The lowest BCUT2D eigenvalue weighted by Crippen LogP contribution is -2.23. The number of nitrogens with zero attached hydrogens (tertiary/aromatic N) is 1. The van der Waals surface area contributed by atoms with E-state index in [4.69, 9.17) is 16.4 Å². The minimum atomic E-state index is -0.264. The van der Waals surface area contributed by atoms with Crippen LogP contribution >= 0.6 is 11.6 Å². The molecule has 0 fully saturated rings. The highest BCUT2D eigenvalue weighted by molar-refractivity contribution is 6.30. The van der Waals surface area contributed by atoms with E-state index in [0.29, 0.717) is 13.2 Å². The Kier molecular flexibility index (Phi) is 9.35. The van der Waals surface area contributed by atoms with Crippen molar-refractivity contribution in [1.82, 2.24) is 10.8 Å². The Morgan fingerprint density at radius 1 is 0.943 bits per heavy atom. The number of carbonyl (C=O) groups is 1. The lowest BCUT2D eigenvalue weighted by Gasteiger charge is -2.27. The van der Waals surface area contributed by atoms with Crippen molar-refractivity contribution < 1.29 is 9.63 Å². The van der Waals surface area contributed by atoms with Crippen LogP contribution in [0.25, 0.3) is 0 Å². The molecule has 0 aromatic heterocycles. The van der Waals surface area contributed by atoms with Gasteiger partial charge in [0.1, 0.15) is 0 Å². The third-order valence-corrected chi connectivity index (χ3v) is 6.29. The molecule has 1 amide bonds. The first-order chi connectivity index (χ1) is 17.2. The Hall–Kier alpha value is -3.12. The molecule has 3 aromatic carbocycles. The topological polar surface area (TPSA) is 53.6 Å². The molecule has 0 bridgehead atoms. The zero-order valence-corrected chi connectivity index (χ0v) is 20.6. The molecule has 0 atom stereocenters. The summed E-state index contributed by atoms with van der Waals surface area (Å²) in [6.07, 6.45) is 7.45. The van der Waals surface area contributed by atoms with E-state index in [-0.39, 0.29) is 5.91 Å². The van der Waals surface area contributed by atoms with Crippen LogP contribution in [-0.4, -0.2) is 25.5 Å². The average Bonchev–Trinajstić information content (AvgIpc) is 3.03. The summed E-state index contributed by atoms with van der Waals surface area (Å²) in [5.41, 5.74) is 8.68. The van der Waals surface area contributed by atoms with Crippen LogP contribution < -0.4 is 15.7 Å². The molecular formula is C29H32ClN3O2. The van der Waals surface area contributed by atoms with Gasteiger partial charge in [-0.15, -0.1) is 0 Å². The number of hydrogen-bond acceptors (Lipinski definition) is 4. The third kappa shape index (κ3) is 7.43.